The number of nitrogen functional groups attached to an aromatic ring is 1. The molecule has 0 unspecified atom stereocenters. The van der Waals surface area contributed by atoms with Crippen molar-refractivity contribution in [3.05, 3.63) is 54.4 Å². The second-order valence-corrected chi connectivity index (χ2v) is 9.55. The smallest absolute Gasteiger partial charge is 0.223 e. The Morgan fingerprint density at radius 3 is 2.68 bits per heavy atom. The molecule has 11 heteroatoms. The van der Waals surface area contributed by atoms with Gasteiger partial charge >= 0.3 is 0 Å². The Bertz CT molecular complexity index is 1230. The summed E-state index contributed by atoms with van der Waals surface area (Å²) < 4.78 is 26.5. The molecule has 0 atom stereocenters. The molecule has 31 heavy (non-hydrogen) atoms. The van der Waals surface area contributed by atoms with E-state index in [1.165, 1.54) is 4.31 Å². The molecule has 1 aromatic carbocycles. The van der Waals surface area contributed by atoms with Crippen LogP contribution in [0.15, 0.2) is 48.8 Å². The molecule has 1 aliphatic heterocycles. The van der Waals surface area contributed by atoms with Gasteiger partial charge in [-0.1, -0.05) is 30.3 Å². The van der Waals surface area contributed by atoms with E-state index in [0.29, 0.717) is 23.8 Å². The zero-order valence-corrected chi connectivity index (χ0v) is 17.7. The van der Waals surface area contributed by atoms with Crippen molar-refractivity contribution in [3.63, 3.8) is 0 Å². The largest absolute Gasteiger partial charge is 0.382 e. The van der Waals surface area contributed by atoms with Crippen LogP contribution in [0.4, 0.5) is 11.8 Å². The highest BCUT2D eigenvalue weighted by molar-refractivity contribution is 7.88. The molecule has 2 aromatic heterocycles. The quantitative estimate of drug-likeness (QED) is 0.564. The average Bonchev–Trinajstić information content (AvgIpc) is 3.11. The van der Waals surface area contributed by atoms with Crippen LogP contribution in [-0.2, 0) is 22.1 Å². The number of anilines is 2. The summed E-state index contributed by atoms with van der Waals surface area (Å²) in [7, 11) is -3.33. The summed E-state index contributed by atoms with van der Waals surface area (Å²) in [4.78, 5) is 8.78. The lowest BCUT2D eigenvalue weighted by Crippen LogP contribution is -2.63. The molecule has 1 saturated heterocycles. The Hall–Kier alpha value is -3.49. The Morgan fingerprint density at radius 2 is 2.00 bits per heavy atom. The van der Waals surface area contributed by atoms with Crippen LogP contribution in [0.2, 0.25) is 0 Å². The number of nitrogens with two attached hydrogens (primary N) is 1. The van der Waals surface area contributed by atoms with E-state index in [1.807, 2.05) is 30.3 Å². The fraction of sp³-hybridized carbons (Fsp3) is 0.300. The summed E-state index contributed by atoms with van der Waals surface area (Å²) in [5.74, 6) is 0.704. The van der Waals surface area contributed by atoms with E-state index >= 15 is 0 Å². The predicted molar refractivity (Wildman–Crippen MR) is 116 cm³/mol. The third-order valence-electron chi connectivity index (χ3n) is 5.27. The third-order valence-corrected chi connectivity index (χ3v) is 6.47. The number of rotatable bonds is 7. The minimum absolute atomic E-state index is 0.118. The maximum Gasteiger partial charge on any atom is 0.223 e. The zero-order valence-electron chi connectivity index (χ0n) is 16.9. The standard InChI is InChI=1S/C20H22N8O2S/c1-31(29,30)27-13-20(14-27,8-9-21)28-12-16(18(22)26-28)17-7-10-23-19(25-17)24-11-15-5-3-2-4-6-15/h2-7,10,12H,8,11,13-14H2,1H3,(H2,22,26)(H,23,24,25). The van der Waals surface area contributed by atoms with Gasteiger partial charge in [-0.2, -0.15) is 14.7 Å². The van der Waals surface area contributed by atoms with Gasteiger partial charge in [-0.3, -0.25) is 4.68 Å². The lowest BCUT2D eigenvalue weighted by Gasteiger charge is -2.47. The molecule has 1 aliphatic rings. The first kappa shape index (κ1) is 20.8. The molecular formula is C20H22N8O2S. The second kappa shape index (κ2) is 7.98. The molecule has 0 amide bonds. The predicted octanol–water partition coefficient (Wildman–Crippen LogP) is 1.42. The van der Waals surface area contributed by atoms with E-state index < -0.39 is 15.6 Å². The van der Waals surface area contributed by atoms with E-state index in [2.05, 4.69) is 26.5 Å². The maximum absolute atomic E-state index is 11.8. The summed E-state index contributed by atoms with van der Waals surface area (Å²) in [6.45, 7) is 0.923. The molecule has 0 radical (unpaired) electrons. The van der Waals surface area contributed by atoms with Gasteiger partial charge in [0.2, 0.25) is 16.0 Å². The molecule has 3 aromatic rings. The molecule has 0 spiro atoms. The first-order valence-electron chi connectivity index (χ1n) is 9.60. The lowest BCUT2D eigenvalue weighted by molar-refractivity contribution is 0.0727. The monoisotopic (exact) mass is 438 g/mol. The van der Waals surface area contributed by atoms with Crippen molar-refractivity contribution in [3.8, 4) is 17.3 Å². The van der Waals surface area contributed by atoms with E-state index in [-0.39, 0.29) is 25.3 Å². The van der Waals surface area contributed by atoms with E-state index in [0.717, 1.165) is 11.8 Å². The van der Waals surface area contributed by atoms with Gasteiger partial charge in [0.1, 0.15) is 5.54 Å². The highest BCUT2D eigenvalue weighted by Crippen LogP contribution is 2.36. The maximum atomic E-state index is 11.8. The van der Waals surface area contributed by atoms with Gasteiger partial charge < -0.3 is 11.1 Å². The molecule has 4 rings (SSSR count). The number of sulfonamides is 1. The Kier molecular flexibility index (Phi) is 5.34. The fourth-order valence-electron chi connectivity index (χ4n) is 3.53. The highest BCUT2D eigenvalue weighted by Gasteiger charge is 2.49. The topological polar surface area (TPSA) is 143 Å². The molecule has 0 aliphatic carbocycles. The van der Waals surface area contributed by atoms with Crippen LogP contribution in [0.5, 0.6) is 0 Å². The summed E-state index contributed by atoms with van der Waals surface area (Å²) in [6.07, 6.45) is 4.62. The first-order chi connectivity index (χ1) is 14.8. The zero-order chi connectivity index (χ0) is 22.1. The summed E-state index contributed by atoms with van der Waals surface area (Å²) >= 11 is 0. The van der Waals surface area contributed by atoms with Crippen molar-refractivity contribution in [2.45, 2.75) is 18.5 Å². The summed E-state index contributed by atoms with van der Waals surface area (Å²) in [5, 5.41) is 16.8. The lowest BCUT2D eigenvalue weighted by atomic mass is 9.89. The van der Waals surface area contributed by atoms with Crippen molar-refractivity contribution in [1.82, 2.24) is 24.1 Å². The SMILES string of the molecule is CS(=O)(=O)N1CC(CC#N)(n2cc(-c3ccnc(NCc4ccccc4)n3)c(N)n2)C1. The molecular weight excluding hydrogens is 416 g/mol. The van der Waals surface area contributed by atoms with Crippen LogP contribution >= 0.6 is 0 Å². The van der Waals surface area contributed by atoms with Gasteiger partial charge in [-0.05, 0) is 11.6 Å². The van der Waals surface area contributed by atoms with Crippen molar-refractivity contribution < 1.29 is 8.42 Å². The number of nitrogens with zero attached hydrogens (tertiary/aromatic N) is 6. The number of hydrogen-bond donors (Lipinski definition) is 2. The van der Waals surface area contributed by atoms with Gasteiger partial charge in [-0.25, -0.2) is 18.4 Å². The second-order valence-electron chi connectivity index (χ2n) is 7.57. The van der Waals surface area contributed by atoms with Gasteiger partial charge in [0.25, 0.3) is 0 Å². The number of aromatic nitrogens is 4. The number of hydrogen-bond acceptors (Lipinski definition) is 8. The molecule has 1 fully saturated rings. The van der Waals surface area contributed by atoms with Crippen LogP contribution in [0.25, 0.3) is 11.3 Å². The Morgan fingerprint density at radius 1 is 1.26 bits per heavy atom. The van der Waals surface area contributed by atoms with Crippen molar-refractivity contribution in [2.75, 3.05) is 30.4 Å². The van der Waals surface area contributed by atoms with Gasteiger partial charge in [0.05, 0.1) is 30.0 Å². The van der Waals surface area contributed by atoms with E-state index in [4.69, 9.17) is 5.73 Å². The third kappa shape index (κ3) is 4.21. The van der Waals surface area contributed by atoms with Crippen molar-refractivity contribution in [2.24, 2.45) is 0 Å². The molecule has 0 bridgehead atoms. The average molecular weight is 439 g/mol. The van der Waals surface area contributed by atoms with Gasteiger partial charge in [0.15, 0.2) is 5.82 Å². The van der Waals surface area contributed by atoms with E-state index in [9.17, 15) is 13.7 Å². The molecule has 3 N–H and O–H groups in total. The van der Waals surface area contributed by atoms with Crippen molar-refractivity contribution in [1.29, 1.82) is 5.26 Å². The minimum Gasteiger partial charge on any atom is -0.382 e. The molecule has 0 saturated carbocycles. The fourth-order valence-corrected chi connectivity index (χ4v) is 4.48. The van der Waals surface area contributed by atoms with Crippen molar-refractivity contribution >= 4 is 21.8 Å². The molecule has 160 valence electrons. The normalized spacial score (nSPS) is 15.7. The number of nitrogens with one attached hydrogen (secondary N) is 1. The van der Waals surface area contributed by atoms with Crippen LogP contribution in [0.3, 0.4) is 0 Å². The Balaban J connectivity index is 1.57. The van der Waals surface area contributed by atoms with Gasteiger partial charge in [-0.15, -0.1) is 0 Å². The number of nitriles is 1. The van der Waals surface area contributed by atoms with Crippen LogP contribution in [-0.4, -0.2) is 51.8 Å². The summed E-state index contributed by atoms with van der Waals surface area (Å²) in [5.41, 5.74) is 7.69. The van der Waals surface area contributed by atoms with E-state index in [1.54, 1.807) is 23.1 Å². The van der Waals surface area contributed by atoms with Gasteiger partial charge in [0, 0.05) is 32.0 Å². The first-order valence-corrected chi connectivity index (χ1v) is 11.4. The number of benzene rings is 1. The summed E-state index contributed by atoms with van der Waals surface area (Å²) in [6, 6.07) is 13.8. The van der Waals surface area contributed by atoms with Crippen LogP contribution in [0.1, 0.15) is 12.0 Å². The van der Waals surface area contributed by atoms with Crippen LogP contribution in [0, 0.1) is 11.3 Å². The minimum atomic E-state index is -3.33. The molecule has 10 nitrogen and oxygen atoms in total. The Labute approximate surface area is 180 Å². The van der Waals surface area contributed by atoms with Crippen LogP contribution < -0.4 is 11.1 Å². The molecule has 3 heterocycles. The highest BCUT2D eigenvalue weighted by atomic mass is 32.2.